The van der Waals surface area contributed by atoms with E-state index in [-0.39, 0.29) is 12.5 Å². The Morgan fingerprint density at radius 2 is 2.07 bits per heavy atom. The molecule has 0 bridgehead atoms. The number of sulfonamides is 1. The van der Waals surface area contributed by atoms with Gasteiger partial charge >= 0.3 is 0 Å². The number of hydrogen-bond donors (Lipinski definition) is 0. The van der Waals surface area contributed by atoms with Gasteiger partial charge in [-0.2, -0.15) is 4.31 Å². The van der Waals surface area contributed by atoms with Crippen LogP contribution in [0, 0.1) is 0 Å². The summed E-state index contributed by atoms with van der Waals surface area (Å²) in [5.41, 5.74) is -0.296. The van der Waals surface area contributed by atoms with Crippen molar-refractivity contribution in [2.75, 3.05) is 40.3 Å². The highest BCUT2D eigenvalue weighted by molar-refractivity contribution is 7.91. The van der Waals surface area contributed by atoms with E-state index in [0.29, 0.717) is 48.4 Å². The Morgan fingerprint density at radius 3 is 2.71 bits per heavy atom. The Balaban J connectivity index is 1.37. The molecular weight excluding hydrogens is 400 g/mol. The number of amides is 1. The molecule has 1 unspecified atom stereocenters. The minimum atomic E-state index is -3.51. The molecule has 28 heavy (non-hydrogen) atoms. The highest BCUT2D eigenvalue weighted by atomic mass is 32.2. The zero-order valence-electron chi connectivity index (χ0n) is 16.2. The maximum Gasteiger partial charge on any atom is 0.271 e. The van der Waals surface area contributed by atoms with E-state index in [1.807, 2.05) is 4.90 Å². The van der Waals surface area contributed by atoms with Crippen LogP contribution in [0.1, 0.15) is 25.7 Å². The standard InChI is InChI=1S/C18H26N4O4S2/c1-20(2)14-5-8-21(9-6-14)17(23)15-12-18(26-19-15)7-10-22(13-18)28(24,25)16-4-3-11-27-16/h3-4,11,14H,5-10,12-13H2,1-2H3. The van der Waals surface area contributed by atoms with E-state index in [4.69, 9.17) is 4.84 Å². The molecule has 8 nitrogen and oxygen atoms in total. The molecule has 2 fully saturated rings. The summed E-state index contributed by atoms with van der Waals surface area (Å²) in [5.74, 6) is -0.0753. The van der Waals surface area contributed by atoms with E-state index in [2.05, 4.69) is 24.2 Å². The summed E-state index contributed by atoms with van der Waals surface area (Å²) in [6, 6.07) is 3.85. The van der Waals surface area contributed by atoms with Gasteiger partial charge in [0, 0.05) is 38.5 Å². The molecule has 4 heterocycles. The predicted octanol–water partition coefficient (Wildman–Crippen LogP) is 1.21. The fourth-order valence-corrected chi connectivity index (χ4v) is 6.83. The summed E-state index contributed by atoms with van der Waals surface area (Å²) < 4.78 is 27.3. The molecule has 2 saturated heterocycles. The van der Waals surface area contributed by atoms with Gasteiger partial charge in [0.05, 0.1) is 6.54 Å². The monoisotopic (exact) mass is 426 g/mol. The highest BCUT2D eigenvalue weighted by Crippen LogP contribution is 2.37. The van der Waals surface area contributed by atoms with Crippen LogP contribution < -0.4 is 0 Å². The first-order chi connectivity index (χ1) is 13.3. The first kappa shape index (κ1) is 19.8. The minimum absolute atomic E-state index is 0.0753. The van der Waals surface area contributed by atoms with Crippen LogP contribution in [0.4, 0.5) is 0 Å². The lowest BCUT2D eigenvalue weighted by molar-refractivity contribution is -0.125. The quantitative estimate of drug-likeness (QED) is 0.723. The Bertz CT molecular complexity index is 860. The molecule has 1 spiro atoms. The summed E-state index contributed by atoms with van der Waals surface area (Å²) in [7, 11) is 0.622. The van der Waals surface area contributed by atoms with E-state index in [1.165, 1.54) is 15.6 Å². The zero-order valence-corrected chi connectivity index (χ0v) is 17.8. The van der Waals surface area contributed by atoms with Gasteiger partial charge in [0.2, 0.25) is 0 Å². The molecule has 0 aromatic carbocycles. The molecule has 3 aliphatic rings. The molecule has 0 radical (unpaired) electrons. The van der Waals surface area contributed by atoms with Gasteiger partial charge in [0.25, 0.3) is 15.9 Å². The Hall–Kier alpha value is -1.49. The van der Waals surface area contributed by atoms with E-state index >= 15 is 0 Å². The normalized spacial score (nSPS) is 26.8. The summed E-state index contributed by atoms with van der Waals surface area (Å²) in [4.78, 5) is 22.6. The van der Waals surface area contributed by atoms with Crippen molar-refractivity contribution in [2.24, 2.45) is 5.16 Å². The van der Waals surface area contributed by atoms with Gasteiger partial charge in [-0.1, -0.05) is 11.2 Å². The Morgan fingerprint density at radius 1 is 1.32 bits per heavy atom. The van der Waals surface area contributed by atoms with E-state index in [0.717, 1.165) is 12.8 Å². The maximum atomic E-state index is 12.9. The molecule has 0 aliphatic carbocycles. The third kappa shape index (κ3) is 3.58. The molecule has 10 heteroatoms. The van der Waals surface area contributed by atoms with Crippen molar-refractivity contribution in [3.05, 3.63) is 17.5 Å². The second-order valence-electron chi connectivity index (χ2n) is 8.00. The summed E-state index contributed by atoms with van der Waals surface area (Å²) in [6.45, 7) is 2.04. The molecule has 3 aliphatic heterocycles. The molecular formula is C18H26N4O4S2. The smallest absolute Gasteiger partial charge is 0.271 e. The van der Waals surface area contributed by atoms with Crippen LogP contribution in [-0.2, 0) is 19.7 Å². The SMILES string of the molecule is CN(C)C1CCN(C(=O)C2=NOC3(CCN(S(=O)(=O)c4cccs4)C3)C2)CC1. The number of oxime groups is 1. The molecule has 1 amide bonds. The van der Waals surface area contributed by atoms with Crippen LogP contribution in [0.3, 0.4) is 0 Å². The molecule has 1 aromatic rings. The van der Waals surface area contributed by atoms with E-state index in [9.17, 15) is 13.2 Å². The van der Waals surface area contributed by atoms with Crippen LogP contribution in [0.2, 0.25) is 0 Å². The van der Waals surface area contributed by atoms with Crippen LogP contribution in [-0.4, -0.2) is 86.1 Å². The largest absolute Gasteiger partial charge is 0.387 e. The van der Waals surface area contributed by atoms with Crippen LogP contribution in [0.5, 0.6) is 0 Å². The van der Waals surface area contributed by atoms with Crippen molar-refractivity contribution in [1.82, 2.24) is 14.1 Å². The van der Waals surface area contributed by atoms with Gasteiger partial charge in [-0.05, 0) is 38.4 Å². The van der Waals surface area contributed by atoms with Crippen LogP contribution >= 0.6 is 11.3 Å². The number of piperidine rings is 1. The number of thiophene rings is 1. The lowest BCUT2D eigenvalue weighted by atomic mass is 9.95. The van der Waals surface area contributed by atoms with Crippen molar-refractivity contribution >= 4 is 33.0 Å². The van der Waals surface area contributed by atoms with Gasteiger partial charge in [-0.3, -0.25) is 4.79 Å². The average molecular weight is 427 g/mol. The first-order valence-electron chi connectivity index (χ1n) is 9.55. The van der Waals surface area contributed by atoms with Crippen molar-refractivity contribution in [2.45, 2.75) is 41.5 Å². The average Bonchev–Trinajstić information content (AvgIpc) is 3.43. The lowest BCUT2D eigenvalue weighted by Gasteiger charge is -2.35. The van der Waals surface area contributed by atoms with Crippen molar-refractivity contribution < 1.29 is 18.0 Å². The Labute approximate surface area is 169 Å². The number of nitrogens with zero attached hydrogens (tertiary/aromatic N) is 4. The number of carbonyl (C=O) groups excluding carboxylic acids is 1. The molecule has 0 saturated carbocycles. The highest BCUT2D eigenvalue weighted by Gasteiger charge is 2.50. The Kier molecular flexibility index (Phi) is 5.24. The van der Waals surface area contributed by atoms with Crippen molar-refractivity contribution in [3.63, 3.8) is 0 Å². The van der Waals surface area contributed by atoms with E-state index in [1.54, 1.807) is 17.5 Å². The molecule has 1 aromatic heterocycles. The van der Waals surface area contributed by atoms with Crippen molar-refractivity contribution in [1.29, 1.82) is 0 Å². The van der Waals surface area contributed by atoms with Gasteiger partial charge in [-0.15, -0.1) is 11.3 Å². The molecule has 1 atom stereocenters. The van der Waals surface area contributed by atoms with Crippen LogP contribution in [0.15, 0.2) is 26.9 Å². The third-order valence-electron chi connectivity index (χ3n) is 5.94. The van der Waals surface area contributed by atoms with Gasteiger partial charge in [-0.25, -0.2) is 8.42 Å². The third-order valence-corrected chi connectivity index (χ3v) is 9.16. The first-order valence-corrected chi connectivity index (χ1v) is 11.9. The van der Waals surface area contributed by atoms with Crippen molar-refractivity contribution in [3.8, 4) is 0 Å². The number of carbonyl (C=O) groups is 1. The number of hydrogen-bond acceptors (Lipinski definition) is 7. The second kappa shape index (κ2) is 7.40. The molecule has 154 valence electrons. The summed E-state index contributed by atoms with van der Waals surface area (Å²) in [6.07, 6.45) is 2.81. The van der Waals surface area contributed by atoms with Crippen LogP contribution in [0.25, 0.3) is 0 Å². The summed E-state index contributed by atoms with van der Waals surface area (Å²) in [5, 5.41) is 5.83. The molecule has 0 N–H and O–H groups in total. The van der Waals surface area contributed by atoms with Gasteiger partial charge < -0.3 is 14.6 Å². The maximum absolute atomic E-state index is 12.9. The minimum Gasteiger partial charge on any atom is -0.387 e. The number of likely N-dealkylation sites (tertiary alicyclic amines) is 1. The van der Waals surface area contributed by atoms with Gasteiger partial charge in [0.1, 0.15) is 9.92 Å². The zero-order chi connectivity index (χ0) is 19.9. The summed E-state index contributed by atoms with van der Waals surface area (Å²) >= 11 is 1.21. The lowest BCUT2D eigenvalue weighted by Crippen LogP contribution is -2.47. The number of rotatable bonds is 4. The molecule has 4 rings (SSSR count). The van der Waals surface area contributed by atoms with Gasteiger partial charge in [0.15, 0.2) is 5.60 Å². The topological polar surface area (TPSA) is 82.5 Å². The predicted molar refractivity (Wildman–Crippen MR) is 107 cm³/mol. The van der Waals surface area contributed by atoms with E-state index < -0.39 is 15.6 Å². The fraction of sp³-hybridized carbons (Fsp3) is 0.667. The second-order valence-corrected chi connectivity index (χ2v) is 11.1. The fourth-order valence-electron chi connectivity index (χ4n) is 4.17.